The Morgan fingerprint density at radius 1 is 0.917 bits per heavy atom. The zero-order valence-electron chi connectivity index (χ0n) is 14.2. The second-order valence-corrected chi connectivity index (χ2v) is 5.87. The summed E-state index contributed by atoms with van der Waals surface area (Å²) in [5, 5.41) is 0. The summed E-state index contributed by atoms with van der Waals surface area (Å²) in [6.07, 6.45) is 1.68. The minimum atomic E-state index is -0.429. The lowest BCUT2D eigenvalue weighted by Gasteiger charge is -2.24. The molecule has 128 valence electrons. The van der Waals surface area contributed by atoms with Gasteiger partial charge in [-0.3, -0.25) is 0 Å². The van der Waals surface area contributed by atoms with Crippen molar-refractivity contribution in [2.24, 2.45) is 0 Å². The van der Waals surface area contributed by atoms with Crippen LogP contribution in [0, 0.1) is 0 Å². The summed E-state index contributed by atoms with van der Waals surface area (Å²) in [7, 11) is 0. The van der Waals surface area contributed by atoms with Crippen molar-refractivity contribution in [3.8, 4) is 17.2 Å². The first-order valence-electron chi connectivity index (χ1n) is 8.50. The summed E-state index contributed by atoms with van der Waals surface area (Å²) in [4.78, 5) is 0. The lowest BCUT2D eigenvalue weighted by atomic mass is 10.1. The summed E-state index contributed by atoms with van der Waals surface area (Å²) in [5.74, 6) is 1.97. The van der Waals surface area contributed by atoms with Crippen molar-refractivity contribution < 1.29 is 18.9 Å². The third kappa shape index (κ3) is 4.08. The molecule has 1 aliphatic rings. The van der Waals surface area contributed by atoms with E-state index in [0.29, 0.717) is 13.2 Å². The topological polar surface area (TPSA) is 36.9 Å². The van der Waals surface area contributed by atoms with Crippen molar-refractivity contribution >= 4 is 0 Å². The minimum absolute atomic E-state index is 0.0230. The molecular weight excluding hydrogens is 304 g/mol. The Balaban J connectivity index is 1.50. The van der Waals surface area contributed by atoms with Gasteiger partial charge in [0.25, 0.3) is 0 Å². The van der Waals surface area contributed by atoms with E-state index < -0.39 is 5.79 Å². The first kappa shape index (κ1) is 16.8. The number of ether oxygens (including phenoxy) is 4. The van der Waals surface area contributed by atoms with E-state index in [-0.39, 0.29) is 6.10 Å². The minimum Gasteiger partial charge on any atom is -0.491 e. The van der Waals surface area contributed by atoms with Crippen molar-refractivity contribution in [2.45, 2.75) is 38.6 Å². The van der Waals surface area contributed by atoms with Gasteiger partial charge in [-0.2, -0.15) is 0 Å². The van der Waals surface area contributed by atoms with Crippen LogP contribution in [0.4, 0.5) is 0 Å². The van der Waals surface area contributed by atoms with Gasteiger partial charge in [0.15, 0.2) is 5.79 Å². The van der Waals surface area contributed by atoms with Gasteiger partial charge in [0.2, 0.25) is 0 Å². The summed E-state index contributed by atoms with van der Waals surface area (Å²) in [5.41, 5.74) is 0. The maximum absolute atomic E-state index is 6.00. The van der Waals surface area contributed by atoms with Crippen LogP contribution in [-0.2, 0) is 9.47 Å². The Morgan fingerprint density at radius 2 is 1.54 bits per heavy atom. The largest absolute Gasteiger partial charge is 0.491 e. The van der Waals surface area contributed by atoms with Crippen molar-refractivity contribution in [1.29, 1.82) is 0 Å². The molecule has 24 heavy (non-hydrogen) atoms. The van der Waals surface area contributed by atoms with Gasteiger partial charge in [-0.15, -0.1) is 0 Å². The Kier molecular flexibility index (Phi) is 5.38. The van der Waals surface area contributed by atoms with E-state index in [9.17, 15) is 0 Å². The second kappa shape index (κ2) is 7.69. The van der Waals surface area contributed by atoms with Crippen molar-refractivity contribution in [3.63, 3.8) is 0 Å². The Morgan fingerprint density at radius 3 is 2.17 bits per heavy atom. The van der Waals surface area contributed by atoms with Crippen LogP contribution < -0.4 is 9.47 Å². The number of benzene rings is 2. The molecule has 1 saturated heterocycles. The van der Waals surface area contributed by atoms with Gasteiger partial charge < -0.3 is 18.9 Å². The van der Waals surface area contributed by atoms with Gasteiger partial charge in [-0.1, -0.05) is 32.0 Å². The average molecular weight is 328 g/mol. The van der Waals surface area contributed by atoms with Crippen LogP contribution in [0.5, 0.6) is 17.2 Å². The number of hydrogen-bond donors (Lipinski definition) is 0. The normalized spacial score (nSPS) is 19.2. The molecule has 1 heterocycles. The molecule has 2 aromatic rings. The van der Waals surface area contributed by atoms with Gasteiger partial charge in [-0.05, 0) is 49.2 Å². The fraction of sp³-hybridized carbons (Fsp3) is 0.400. The smallest absolute Gasteiger partial charge is 0.168 e. The molecule has 0 bridgehead atoms. The van der Waals surface area contributed by atoms with E-state index in [4.69, 9.17) is 18.9 Å². The van der Waals surface area contributed by atoms with Crippen molar-refractivity contribution in [2.75, 3.05) is 13.2 Å². The van der Waals surface area contributed by atoms with Crippen LogP contribution in [0.2, 0.25) is 0 Å². The molecule has 1 unspecified atom stereocenters. The number of rotatable bonds is 7. The third-order valence-corrected chi connectivity index (χ3v) is 4.23. The molecule has 4 heteroatoms. The zero-order chi connectivity index (χ0) is 16.8. The van der Waals surface area contributed by atoms with Crippen LogP contribution >= 0.6 is 0 Å². The highest BCUT2D eigenvalue weighted by Gasteiger charge is 2.38. The molecule has 0 saturated carbocycles. The molecule has 1 fully saturated rings. The number of para-hydroxylation sites is 1. The summed E-state index contributed by atoms with van der Waals surface area (Å²) in [6, 6.07) is 17.3. The maximum Gasteiger partial charge on any atom is 0.168 e. The quantitative estimate of drug-likeness (QED) is 0.732. The molecule has 1 aliphatic heterocycles. The van der Waals surface area contributed by atoms with E-state index in [2.05, 4.69) is 13.8 Å². The molecule has 4 nitrogen and oxygen atoms in total. The summed E-state index contributed by atoms with van der Waals surface area (Å²) < 4.78 is 23.4. The fourth-order valence-electron chi connectivity index (χ4n) is 2.74. The predicted molar refractivity (Wildman–Crippen MR) is 92.6 cm³/mol. The van der Waals surface area contributed by atoms with Crippen molar-refractivity contribution in [3.05, 3.63) is 54.6 Å². The van der Waals surface area contributed by atoms with Gasteiger partial charge in [0, 0.05) is 0 Å². The van der Waals surface area contributed by atoms with Gasteiger partial charge in [0.1, 0.15) is 30.0 Å². The first-order chi connectivity index (χ1) is 11.7. The average Bonchev–Trinajstić information content (AvgIpc) is 3.06. The monoisotopic (exact) mass is 328 g/mol. The lowest BCUT2D eigenvalue weighted by molar-refractivity contribution is -0.174. The Bertz CT molecular complexity index is 620. The van der Waals surface area contributed by atoms with Gasteiger partial charge in [0.05, 0.1) is 6.61 Å². The standard InChI is InChI=1S/C20H24O4/c1-3-20(4-2)22-15-19(24-20)14-21-16-10-12-18(13-11-16)23-17-8-6-5-7-9-17/h5-13,19H,3-4,14-15H2,1-2H3. The molecule has 1 atom stereocenters. The van der Waals surface area contributed by atoms with E-state index >= 15 is 0 Å². The van der Waals surface area contributed by atoms with E-state index in [0.717, 1.165) is 30.1 Å². The van der Waals surface area contributed by atoms with Crippen molar-refractivity contribution in [1.82, 2.24) is 0 Å². The van der Waals surface area contributed by atoms with E-state index in [1.165, 1.54) is 0 Å². The molecule has 0 N–H and O–H groups in total. The maximum atomic E-state index is 6.00. The van der Waals surface area contributed by atoms with E-state index in [1.54, 1.807) is 0 Å². The van der Waals surface area contributed by atoms with Crippen LogP contribution in [0.1, 0.15) is 26.7 Å². The molecule has 3 rings (SSSR count). The highest BCUT2D eigenvalue weighted by molar-refractivity contribution is 5.35. The molecule has 0 aliphatic carbocycles. The van der Waals surface area contributed by atoms with Crippen LogP contribution in [0.15, 0.2) is 54.6 Å². The summed E-state index contributed by atoms with van der Waals surface area (Å²) >= 11 is 0. The van der Waals surface area contributed by atoms with Crippen LogP contribution in [0.25, 0.3) is 0 Å². The predicted octanol–water partition coefficient (Wildman–Crippen LogP) is 4.79. The number of hydrogen-bond acceptors (Lipinski definition) is 4. The van der Waals surface area contributed by atoms with E-state index in [1.807, 2.05) is 54.6 Å². The SMILES string of the molecule is CCC1(CC)OCC(COc2ccc(Oc3ccccc3)cc2)O1. The molecule has 0 spiro atoms. The van der Waals surface area contributed by atoms with Crippen LogP contribution in [0.3, 0.4) is 0 Å². The highest BCUT2D eigenvalue weighted by atomic mass is 16.7. The molecule has 0 radical (unpaired) electrons. The Hall–Kier alpha value is -2.04. The zero-order valence-corrected chi connectivity index (χ0v) is 14.2. The summed E-state index contributed by atoms with van der Waals surface area (Å²) in [6.45, 7) is 5.23. The lowest BCUT2D eigenvalue weighted by Crippen LogP contribution is -2.30. The van der Waals surface area contributed by atoms with Crippen LogP contribution in [-0.4, -0.2) is 25.1 Å². The third-order valence-electron chi connectivity index (χ3n) is 4.23. The molecule has 0 aromatic heterocycles. The Labute approximate surface area is 143 Å². The van der Waals surface area contributed by atoms with Gasteiger partial charge >= 0.3 is 0 Å². The van der Waals surface area contributed by atoms with Gasteiger partial charge in [-0.25, -0.2) is 0 Å². The first-order valence-corrected chi connectivity index (χ1v) is 8.50. The molecular formula is C20H24O4. The molecule has 2 aromatic carbocycles. The molecule has 0 amide bonds. The fourth-order valence-corrected chi connectivity index (χ4v) is 2.74. The second-order valence-electron chi connectivity index (χ2n) is 5.87. The highest BCUT2D eigenvalue weighted by Crippen LogP contribution is 2.30.